The van der Waals surface area contributed by atoms with Crippen LogP contribution in [-0.2, 0) is 0 Å². The number of nitrogens with zero attached hydrogens (tertiary/aromatic N) is 1. The van der Waals surface area contributed by atoms with Crippen LogP contribution in [0.15, 0.2) is 0 Å². The van der Waals surface area contributed by atoms with E-state index >= 15 is 0 Å². The van der Waals surface area contributed by atoms with Crippen molar-refractivity contribution in [2.75, 3.05) is 13.6 Å². The average molecular weight is 196 g/mol. The molecule has 3 unspecified atom stereocenters. The summed E-state index contributed by atoms with van der Waals surface area (Å²) in [6.07, 6.45) is 1.41. The Balaban J connectivity index is 2.24. The Bertz CT molecular complexity index is 281. The maximum atomic E-state index is 2.50. The molecule has 3 atom stereocenters. The van der Waals surface area contributed by atoms with Gasteiger partial charge in [0.25, 0.3) is 0 Å². The van der Waals surface area contributed by atoms with Crippen LogP contribution in [0.5, 0.6) is 0 Å². The predicted octanol–water partition coefficient (Wildman–Crippen LogP) is 3.05. The molecular weight excluding hydrogens is 170 g/mol. The summed E-state index contributed by atoms with van der Waals surface area (Å²) in [4.78, 5) is 0. The molecule has 1 aliphatic carbocycles. The molecule has 0 N–H and O–H groups in total. The van der Waals surface area contributed by atoms with Crippen LogP contribution in [0, 0.1) is 10.8 Å². The third-order valence-corrected chi connectivity index (χ3v) is 6.15. The smallest absolute Gasteiger partial charge is 0.152 e. The highest BCUT2D eigenvalue weighted by molar-refractivity contribution is 5.20. The molecule has 0 spiro atoms. The Kier molecular flexibility index (Phi) is 1.65. The van der Waals surface area contributed by atoms with E-state index in [1.165, 1.54) is 17.4 Å². The minimum atomic E-state index is 0.546. The molecule has 0 aromatic rings. The van der Waals surface area contributed by atoms with E-state index in [1.54, 1.807) is 0 Å². The van der Waals surface area contributed by atoms with Crippen molar-refractivity contribution in [3.63, 3.8) is 0 Å². The van der Waals surface area contributed by atoms with Gasteiger partial charge in [0.05, 0.1) is 13.1 Å². The lowest BCUT2D eigenvalue weighted by Gasteiger charge is -2.30. The van der Waals surface area contributed by atoms with E-state index in [0.29, 0.717) is 16.4 Å². The zero-order valence-corrected chi connectivity index (χ0v) is 10.9. The van der Waals surface area contributed by atoms with E-state index in [1.807, 2.05) is 0 Å². The molecule has 2 rings (SSSR count). The first-order chi connectivity index (χ1) is 6.11. The summed E-state index contributed by atoms with van der Waals surface area (Å²) in [6, 6.07) is 0.772. The third kappa shape index (κ3) is 0.856. The van der Waals surface area contributed by atoms with Crippen molar-refractivity contribution in [3.8, 4) is 0 Å². The number of hydrogen-bond acceptors (Lipinski definition) is 0. The summed E-state index contributed by atoms with van der Waals surface area (Å²) in [6.45, 7) is 16.0. The van der Waals surface area contributed by atoms with Gasteiger partial charge in [-0.1, -0.05) is 20.8 Å². The van der Waals surface area contributed by atoms with Crippen molar-refractivity contribution in [2.45, 2.75) is 59.5 Å². The fourth-order valence-electron chi connectivity index (χ4n) is 3.85. The molecule has 2 aliphatic rings. The Labute approximate surface area is 89.1 Å². The van der Waals surface area contributed by atoms with Crippen molar-refractivity contribution >= 4 is 0 Å². The first-order valence-electron chi connectivity index (χ1n) is 5.96. The summed E-state index contributed by atoms with van der Waals surface area (Å²) < 4.78 is 1.28. The Morgan fingerprint density at radius 3 is 1.71 bits per heavy atom. The molecule has 1 heterocycles. The Morgan fingerprint density at radius 2 is 1.50 bits per heavy atom. The molecule has 2 fully saturated rings. The lowest BCUT2D eigenvalue weighted by atomic mass is 9.84. The quantitative estimate of drug-likeness (QED) is 0.470. The van der Waals surface area contributed by atoms with Crippen LogP contribution in [0.4, 0.5) is 0 Å². The second-order valence-corrected chi connectivity index (χ2v) is 7.19. The van der Waals surface area contributed by atoms with E-state index in [2.05, 4.69) is 48.6 Å². The zero-order chi connectivity index (χ0) is 11.0. The maximum absolute atomic E-state index is 2.50. The van der Waals surface area contributed by atoms with Crippen LogP contribution in [0.1, 0.15) is 48.0 Å². The zero-order valence-electron chi connectivity index (χ0n) is 10.9. The number of quaternary nitrogens is 1. The molecule has 1 nitrogen and oxygen atoms in total. The SMILES string of the molecule is CC(C)[N+]1(C)CC1(C)C1(C)CC1(C)C. The van der Waals surface area contributed by atoms with E-state index in [-0.39, 0.29) is 0 Å². The number of likely N-dealkylation sites (N-methyl/N-ethyl adjacent to an activating group) is 1. The van der Waals surface area contributed by atoms with E-state index in [4.69, 9.17) is 0 Å². The van der Waals surface area contributed by atoms with Crippen LogP contribution < -0.4 is 0 Å². The number of hydrogen-bond donors (Lipinski definition) is 0. The fraction of sp³-hybridized carbons (Fsp3) is 1.00. The van der Waals surface area contributed by atoms with E-state index < -0.39 is 0 Å². The summed E-state index contributed by atoms with van der Waals surface area (Å²) in [7, 11) is 2.43. The van der Waals surface area contributed by atoms with Gasteiger partial charge in [0.2, 0.25) is 0 Å². The molecule has 1 aliphatic heterocycles. The van der Waals surface area contributed by atoms with Gasteiger partial charge in [-0.2, -0.15) is 0 Å². The van der Waals surface area contributed by atoms with Gasteiger partial charge < -0.3 is 4.48 Å². The molecule has 82 valence electrons. The van der Waals surface area contributed by atoms with Crippen molar-refractivity contribution < 1.29 is 4.48 Å². The topological polar surface area (TPSA) is 0 Å². The molecule has 0 aromatic carbocycles. The van der Waals surface area contributed by atoms with Crippen LogP contribution in [0.3, 0.4) is 0 Å². The minimum Gasteiger partial charge on any atom is -0.309 e. The summed E-state index contributed by atoms with van der Waals surface area (Å²) in [5.74, 6) is 0. The van der Waals surface area contributed by atoms with Gasteiger partial charge >= 0.3 is 0 Å². The standard InChI is InChI=1S/C13H26N/c1-10(2)14(7)9-13(14,6)12(5)8-11(12,3)4/h10H,8-9H2,1-7H3/q+1. The summed E-state index contributed by atoms with van der Waals surface area (Å²) in [5.41, 5.74) is 1.70. The van der Waals surface area contributed by atoms with Crippen LogP contribution in [-0.4, -0.2) is 29.7 Å². The van der Waals surface area contributed by atoms with E-state index in [0.717, 1.165) is 6.04 Å². The molecule has 0 aromatic heterocycles. The van der Waals surface area contributed by atoms with Gasteiger partial charge in [-0.15, -0.1) is 0 Å². The van der Waals surface area contributed by atoms with Gasteiger partial charge in [-0.25, -0.2) is 0 Å². The minimum absolute atomic E-state index is 0.546. The highest BCUT2D eigenvalue weighted by Gasteiger charge is 2.82. The summed E-state index contributed by atoms with van der Waals surface area (Å²) in [5, 5.41) is 0. The molecule has 0 radical (unpaired) electrons. The fourth-order valence-corrected chi connectivity index (χ4v) is 3.85. The van der Waals surface area contributed by atoms with Gasteiger partial charge in [0.15, 0.2) is 5.54 Å². The van der Waals surface area contributed by atoms with Crippen LogP contribution >= 0.6 is 0 Å². The molecule has 0 amide bonds. The molecule has 1 saturated carbocycles. The highest BCUT2D eigenvalue weighted by atomic mass is 15.6. The molecule has 0 bridgehead atoms. The van der Waals surface area contributed by atoms with Crippen molar-refractivity contribution in [3.05, 3.63) is 0 Å². The highest BCUT2D eigenvalue weighted by Crippen LogP contribution is 2.75. The maximum Gasteiger partial charge on any atom is 0.152 e. The second kappa shape index (κ2) is 2.21. The second-order valence-electron chi connectivity index (χ2n) is 7.19. The van der Waals surface area contributed by atoms with Crippen molar-refractivity contribution in [2.24, 2.45) is 10.8 Å². The summed E-state index contributed by atoms with van der Waals surface area (Å²) >= 11 is 0. The average Bonchev–Trinajstić information content (AvgIpc) is 2.73. The van der Waals surface area contributed by atoms with Gasteiger partial charge in [-0.05, 0) is 32.6 Å². The normalized spacial score (nSPS) is 54.9. The van der Waals surface area contributed by atoms with Crippen molar-refractivity contribution in [1.82, 2.24) is 0 Å². The lowest BCUT2D eigenvalue weighted by Crippen LogP contribution is -2.42. The Morgan fingerprint density at radius 1 is 1.07 bits per heavy atom. The predicted molar refractivity (Wildman–Crippen MR) is 61.1 cm³/mol. The lowest BCUT2D eigenvalue weighted by molar-refractivity contribution is -0.835. The molecule has 14 heavy (non-hydrogen) atoms. The van der Waals surface area contributed by atoms with E-state index in [9.17, 15) is 0 Å². The number of rotatable bonds is 2. The first kappa shape index (κ1) is 10.5. The third-order valence-electron chi connectivity index (χ3n) is 6.15. The molecular formula is C13H26N+. The largest absolute Gasteiger partial charge is 0.309 e. The van der Waals surface area contributed by atoms with Gasteiger partial charge in [-0.3, -0.25) is 0 Å². The van der Waals surface area contributed by atoms with Gasteiger partial charge in [0, 0.05) is 5.41 Å². The Hall–Kier alpha value is -0.0400. The van der Waals surface area contributed by atoms with Crippen LogP contribution in [0.2, 0.25) is 0 Å². The van der Waals surface area contributed by atoms with Crippen LogP contribution in [0.25, 0.3) is 0 Å². The first-order valence-corrected chi connectivity index (χ1v) is 5.96. The van der Waals surface area contributed by atoms with Gasteiger partial charge in [0.1, 0.15) is 6.54 Å². The van der Waals surface area contributed by atoms with Crippen molar-refractivity contribution in [1.29, 1.82) is 0 Å². The molecule has 1 heteroatoms. The molecule has 1 saturated heterocycles. The monoisotopic (exact) mass is 196 g/mol.